The second kappa shape index (κ2) is 6.12. The molecular formula is C16H22FN3S. The molecule has 0 saturated heterocycles. The minimum Gasteiger partial charge on any atom is -0.321 e. The molecule has 1 aromatic carbocycles. The molecule has 0 fully saturated rings. The van der Waals surface area contributed by atoms with Crippen LogP contribution in [0.1, 0.15) is 31.3 Å². The Morgan fingerprint density at radius 3 is 2.67 bits per heavy atom. The van der Waals surface area contributed by atoms with Gasteiger partial charge in [0.2, 0.25) is 0 Å². The van der Waals surface area contributed by atoms with Crippen molar-refractivity contribution < 1.29 is 4.39 Å². The van der Waals surface area contributed by atoms with Gasteiger partial charge in [-0.15, -0.1) is 0 Å². The van der Waals surface area contributed by atoms with Crippen LogP contribution < -0.4 is 10.2 Å². The summed E-state index contributed by atoms with van der Waals surface area (Å²) in [7, 11) is 1.91. The molecule has 1 heterocycles. The molecule has 3 nitrogen and oxygen atoms in total. The molecule has 5 heteroatoms. The Morgan fingerprint density at radius 2 is 2.05 bits per heavy atom. The Bertz CT molecular complexity index is 616. The quantitative estimate of drug-likeness (QED) is 0.915. The summed E-state index contributed by atoms with van der Waals surface area (Å²) in [4.78, 5) is 7.73. The molecule has 0 atom stereocenters. The Labute approximate surface area is 129 Å². The van der Waals surface area contributed by atoms with Gasteiger partial charge in [0.25, 0.3) is 0 Å². The summed E-state index contributed by atoms with van der Waals surface area (Å²) in [5.74, 6) is -0.234. The van der Waals surface area contributed by atoms with Crippen molar-refractivity contribution in [3.05, 3.63) is 40.7 Å². The molecule has 1 N–H and O–H groups in total. The van der Waals surface area contributed by atoms with Crippen LogP contribution in [0, 0.1) is 12.7 Å². The van der Waals surface area contributed by atoms with Crippen molar-refractivity contribution in [2.75, 3.05) is 11.9 Å². The minimum atomic E-state index is -0.234. The zero-order chi connectivity index (χ0) is 15.6. The number of aryl methyl sites for hydroxylation is 1. The van der Waals surface area contributed by atoms with E-state index in [2.05, 4.69) is 31.1 Å². The number of nitrogens with zero attached hydrogens (tertiary/aromatic N) is 2. The van der Waals surface area contributed by atoms with E-state index >= 15 is 0 Å². The fraction of sp³-hybridized carbons (Fsp3) is 0.438. The van der Waals surface area contributed by atoms with Crippen LogP contribution in [0.2, 0.25) is 0 Å². The van der Waals surface area contributed by atoms with Crippen molar-refractivity contribution in [1.29, 1.82) is 0 Å². The van der Waals surface area contributed by atoms with Crippen LogP contribution in [0.3, 0.4) is 0 Å². The molecule has 0 saturated carbocycles. The fourth-order valence-corrected chi connectivity index (χ4v) is 2.84. The summed E-state index contributed by atoms with van der Waals surface area (Å²) in [6.45, 7) is 9.23. The molecule has 21 heavy (non-hydrogen) atoms. The van der Waals surface area contributed by atoms with Crippen molar-refractivity contribution in [2.45, 2.75) is 39.8 Å². The van der Waals surface area contributed by atoms with Crippen molar-refractivity contribution in [1.82, 2.24) is 10.3 Å². The molecule has 0 aliphatic carbocycles. The first-order valence-electron chi connectivity index (χ1n) is 6.97. The molecule has 0 unspecified atom stereocenters. The summed E-state index contributed by atoms with van der Waals surface area (Å²) < 4.78 is 13.3. The lowest BCUT2D eigenvalue weighted by Gasteiger charge is -2.20. The highest BCUT2D eigenvalue weighted by atomic mass is 32.1. The number of nitrogens with one attached hydrogen (secondary N) is 1. The highest BCUT2D eigenvalue weighted by Crippen LogP contribution is 2.30. The second-order valence-corrected chi connectivity index (χ2v) is 7.21. The summed E-state index contributed by atoms with van der Waals surface area (Å²) >= 11 is 1.64. The van der Waals surface area contributed by atoms with E-state index in [4.69, 9.17) is 0 Å². The largest absolute Gasteiger partial charge is 0.321 e. The Balaban J connectivity index is 2.18. The Morgan fingerprint density at radius 1 is 1.33 bits per heavy atom. The molecule has 0 spiro atoms. The smallest absolute Gasteiger partial charge is 0.190 e. The highest BCUT2D eigenvalue weighted by molar-refractivity contribution is 7.15. The third-order valence-electron chi connectivity index (χ3n) is 3.14. The van der Waals surface area contributed by atoms with E-state index in [0.717, 1.165) is 23.1 Å². The summed E-state index contributed by atoms with van der Waals surface area (Å²) in [6.07, 6.45) is 0. The van der Waals surface area contributed by atoms with Gasteiger partial charge in [-0.1, -0.05) is 17.4 Å². The highest BCUT2D eigenvalue weighted by Gasteiger charge is 2.15. The van der Waals surface area contributed by atoms with Gasteiger partial charge in [0.15, 0.2) is 5.13 Å². The van der Waals surface area contributed by atoms with Crippen molar-refractivity contribution in [3.8, 4) is 0 Å². The number of hydrogen-bond donors (Lipinski definition) is 1. The number of thiazole rings is 1. The lowest BCUT2D eigenvalue weighted by Crippen LogP contribution is -2.34. The van der Waals surface area contributed by atoms with Crippen molar-refractivity contribution >= 4 is 22.2 Å². The Hall–Kier alpha value is -1.46. The maximum absolute atomic E-state index is 13.3. The maximum atomic E-state index is 13.3. The minimum absolute atomic E-state index is 0.0745. The van der Waals surface area contributed by atoms with Crippen LogP contribution >= 0.6 is 11.3 Å². The number of aromatic nitrogens is 1. The van der Waals surface area contributed by atoms with Gasteiger partial charge in [0.1, 0.15) is 5.82 Å². The van der Waals surface area contributed by atoms with Gasteiger partial charge >= 0.3 is 0 Å². The van der Waals surface area contributed by atoms with E-state index in [-0.39, 0.29) is 11.4 Å². The third-order valence-corrected chi connectivity index (χ3v) is 4.38. The van der Waals surface area contributed by atoms with E-state index in [9.17, 15) is 4.39 Å². The first kappa shape index (κ1) is 15.9. The van der Waals surface area contributed by atoms with Crippen LogP contribution in [-0.2, 0) is 6.54 Å². The number of anilines is 2. The van der Waals surface area contributed by atoms with Gasteiger partial charge in [-0.3, -0.25) is 0 Å². The lowest BCUT2D eigenvalue weighted by atomic mass is 10.1. The van der Waals surface area contributed by atoms with E-state index in [1.54, 1.807) is 17.4 Å². The number of hydrogen-bond acceptors (Lipinski definition) is 4. The van der Waals surface area contributed by atoms with Crippen molar-refractivity contribution in [3.63, 3.8) is 0 Å². The average molecular weight is 307 g/mol. The van der Waals surface area contributed by atoms with E-state index in [1.165, 1.54) is 17.0 Å². The normalized spacial score (nSPS) is 11.7. The number of benzene rings is 1. The lowest BCUT2D eigenvalue weighted by molar-refractivity contribution is 0.425. The first-order valence-corrected chi connectivity index (χ1v) is 7.78. The van der Waals surface area contributed by atoms with Gasteiger partial charge in [-0.05, 0) is 45.9 Å². The van der Waals surface area contributed by atoms with Crippen LogP contribution in [0.25, 0.3) is 0 Å². The topological polar surface area (TPSA) is 28.2 Å². The fourth-order valence-electron chi connectivity index (χ4n) is 1.86. The Kier molecular flexibility index (Phi) is 4.64. The molecule has 0 amide bonds. The SMILES string of the molecule is Cc1nc(N(C)c2cccc(F)c2)sc1CNC(C)(C)C. The number of halogens is 1. The van der Waals surface area contributed by atoms with Crippen molar-refractivity contribution in [2.24, 2.45) is 0 Å². The van der Waals surface area contributed by atoms with Crippen LogP contribution in [0.5, 0.6) is 0 Å². The van der Waals surface area contributed by atoms with Gasteiger partial charge in [0, 0.05) is 29.7 Å². The molecule has 0 aliphatic heterocycles. The monoisotopic (exact) mass is 307 g/mol. The summed E-state index contributed by atoms with van der Waals surface area (Å²) in [6, 6.07) is 6.56. The van der Waals surface area contributed by atoms with Gasteiger partial charge in [0.05, 0.1) is 5.69 Å². The standard InChI is InChI=1S/C16H22FN3S/c1-11-14(10-18-16(2,3)4)21-15(19-11)20(5)13-8-6-7-12(17)9-13/h6-9,18H,10H2,1-5H3. The molecular weight excluding hydrogens is 285 g/mol. The molecule has 0 radical (unpaired) electrons. The predicted molar refractivity (Wildman–Crippen MR) is 87.9 cm³/mol. The van der Waals surface area contributed by atoms with Gasteiger partial charge in [-0.25, -0.2) is 9.37 Å². The second-order valence-electron chi connectivity index (χ2n) is 6.15. The molecule has 0 aliphatic rings. The zero-order valence-corrected chi connectivity index (χ0v) is 14.0. The summed E-state index contributed by atoms with van der Waals surface area (Å²) in [5.41, 5.74) is 1.90. The maximum Gasteiger partial charge on any atom is 0.190 e. The molecule has 2 rings (SSSR count). The molecule has 0 bridgehead atoms. The number of rotatable bonds is 4. The molecule has 2 aromatic rings. The molecule has 114 valence electrons. The zero-order valence-electron chi connectivity index (χ0n) is 13.2. The van der Waals surface area contributed by atoms with E-state index in [0.29, 0.717) is 0 Å². The summed E-state index contributed by atoms with van der Waals surface area (Å²) in [5, 5.41) is 4.35. The van der Waals surface area contributed by atoms with E-state index < -0.39 is 0 Å². The van der Waals surface area contributed by atoms with Gasteiger partial charge < -0.3 is 10.2 Å². The third kappa shape index (κ3) is 4.25. The van der Waals surface area contributed by atoms with Crippen LogP contribution in [0.4, 0.5) is 15.2 Å². The average Bonchev–Trinajstić information content (AvgIpc) is 2.76. The van der Waals surface area contributed by atoms with Crippen LogP contribution in [-0.4, -0.2) is 17.6 Å². The molecule has 1 aromatic heterocycles. The first-order chi connectivity index (χ1) is 9.76. The van der Waals surface area contributed by atoms with Gasteiger partial charge in [-0.2, -0.15) is 0 Å². The van der Waals surface area contributed by atoms with Crippen LogP contribution in [0.15, 0.2) is 24.3 Å². The predicted octanol–water partition coefficient (Wildman–Crippen LogP) is 4.25. The van der Waals surface area contributed by atoms with E-state index in [1.807, 2.05) is 24.9 Å².